The van der Waals surface area contributed by atoms with E-state index in [0.29, 0.717) is 17.9 Å². The van der Waals surface area contributed by atoms with E-state index in [1.807, 2.05) is 25.6 Å². The highest BCUT2D eigenvalue weighted by atomic mass is 32.2. The molecule has 0 amide bonds. The Labute approximate surface area is 117 Å². The first-order chi connectivity index (χ1) is 9.17. The molecule has 7 nitrogen and oxygen atoms in total. The van der Waals surface area contributed by atoms with Gasteiger partial charge in [0, 0.05) is 11.8 Å². The van der Waals surface area contributed by atoms with Gasteiger partial charge in [0.1, 0.15) is 0 Å². The normalized spacial score (nSPS) is 19.3. The highest BCUT2D eigenvalue weighted by molar-refractivity contribution is 7.99. The van der Waals surface area contributed by atoms with E-state index in [-0.39, 0.29) is 12.1 Å². The van der Waals surface area contributed by atoms with Gasteiger partial charge in [0.05, 0.1) is 6.10 Å². The molecule has 0 aliphatic carbocycles. The van der Waals surface area contributed by atoms with Gasteiger partial charge < -0.3 is 10.1 Å². The van der Waals surface area contributed by atoms with Gasteiger partial charge in [-0.25, -0.2) is 5.84 Å². The van der Waals surface area contributed by atoms with Crippen LogP contribution in [0, 0.1) is 0 Å². The number of rotatable bonds is 5. The van der Waals surface area contributed by atoms with Crippen LogP contribution in [0.15, 0.2) is 0 Å². The average Bonchev–Trinajstić information content (AvgIpc) is 2.38. The van der Waals surface area contributed by atoms with Crippen LogP contribution in [-0.2, 0) is 0 Å². The monoisotopic (exact) mass is 284 g/mol. The number of hydrogen-bond acceptors (Lipinski definition) is 8. The molecule has 2 heterocycles. The lowest BCUT2D eigenvalue weighted by Crippen LogP contribution is -2.27. The number of nitrogen functional groups attached to an aromatic ring is 1. The van der Waals surface area contributed by atoms with E-state index in [2.05, 4.69) is 25.7 Å². The number of hydrogen-bond donors (Lipinski definition) is 3. The molecule has 1 aliphatic heterocycles. The minimum absolute atomic E-state index is 0.00566. The van der Waals surface area contributed by atoms with Crippen molar-refractivity contribution in [3.63, 3.8) is 0 Å². The van der Waals surface area contributed by atoms with Gasteiger partial charge in [-0.05, 0) is 32.4 Å². The summed E-state index contributed by atoms with van der Waals surface area (Å²) in [5, 5.41) is 3.31. The molecule has 4 N–H and O–H groups in total. The van der Waals surface area contributed by atoms with Crippen molar-refractivity contribution < 1.29 is 4.74 Å². The number of ether oxygens (including phenoxy) is 1. The summed E-state index contributed by atoms with van der Waals surface area (Å²) in [6, 6.07) is 0.669. The van der Waals surface area contributed by atoms with Crippen LogP contribution in [0.25, 0.3) is 0 Å². The summed E-state index contributed by atoms with van der Waals surface area (Å²) in [6.45, 7) is 3.84. The van der Waals surface area contributed by atoms with E-state index >= 15 is 0 Å². The van der Waals surface area contributed by atoms with E-state index in [4.69, 9.17) is 10.6 Å². The third-order valence-electron chi connectivity index (χ3n) is 2.58. The molecule has 2 rings (SSSR count). The third-order valence-corrected chi connectivity index (χ3v) is 3.79. The van der Waals surface area contributed by atoms with Crippen molar-refractivity contribution in [1.29, 1.82) is 0 Å². The molecule has 0 bridgehead atoms. The molecule has 1 unspecified atom stereocenters. The van der Waals surface area contributed by atoms with E-state index in [1.54, 1.807) is 0 Å². The molecular formula is C11H20N6OS. The number of nitrogens with one attached hydrogen (secondary N) is 2. The van der Waals surface area contributed by atoms with Gasteiger partial charge in [-0.3, -0.25) is 5.43 Å². The Morgan fingerprint density at radius 1 is 1.32 bits per heavy atom. The molecule has 0 aromatic carbocycles. The fourth-order valence-corrected chi connectivity index (χ4v) is 2.86. The van der Waals surface area contributed by atoms with Crippen LogP contribution in [0.1, 0.15) is 26.7 Å². The molecule has 1 fully saturated rings. The highest BCUT2D eigenvalue weighted by Gasteiger charge is 2.16. The van der Waals surface area contributed by atoms with Crippen molar-refractivity contribution >= 4 is 23.7 Å². The van der Waals surface area contributed by atoms with Gasteiger partial charge in [-0.2, -0.15) is 26.7 Å². The van der Waals surface area contributed by atoms with Crippen molar-refractivity contribution in [2.24, 2.45) is 5.84 Å². The first-order valence-corrected chi connectivity index (χ1v) is 7.56. The number of nitrogens with two attached hydrogens (primary N) is 1. The Balaban J connectivity index is 2.09. The van der Waals surface area contributed by atoms with Crippen molar-refractivity contribution in [3.8, 4) is 6.01 Å². The van der Waals surface area contributed by atoms with Crippen LogP contribution < -0.4 is 21.3 Å². The molecule has 0 saturated carbocycles. The number of thioether (sulfide) groups is 1. The van der Waals surface area contributed by atoms with Crippen LogP contribution in [0.4, 0.5) is 11.9 Å². The minimum atomic E-state index is 0.00566. The zero-order valence-electron chi connectivity index (χ0n) is 11.2. The standard InChI is InChI=1S/C11H20N6OS/c1-7(2)18-11-15-9(14-10(16-11)17-12)13-8-4-3-5-19-6-8/h7-8H,3-6,12H2,1-2H3,(H2,13,14,15,16,17). The summed E-state index contributed by atoms with van der Waals surface area (Å²) in [6.07, 6.45) is 2.35. The van der Waals surface area contributed by atoms with Gasteiger partial charge in [-0.1, -0.05) is 0 Å². The van der Waals surface area contributed by atoms with Gasteiger partial charge in [0.15, 0.2) is 0 Å². The molecule has 106 valence electrons. The van der Waals surface area contributed by atoms with Gasteiger partial charge in [-0.15, -0.1) is 0 Å². The maximum absolute atomic E-state index is 5.48. The average molecular weight is 284 g/mol. The molecule has 0 spiro atoms. The van der Waals surface area contributed by atoms with E-state index in [1.165, 1.54) is 12.2 Å². The van der Waals surface area contributed by atoms with Crippen molar-refractivity contribution in [2.45, 2.75) is 38.8 Å². The van der Waals surface area contributed by atoms with E-state index < -0.39 is 0 Å². The zero-order chi connectivity index (χ0) is 13.7. The predicted molar refractivity (Wildman–Crippen MR) is 77.4 cm³/mol. The number of hydrazine groups is 1. The molecule has 1 aliphatic rings. The van der Waals surface area contributed by atoms with Crippen LogP contribution in [0.2, 0.25) is 0 Å². The highest BCUT2D eigenvalue weighted by Crippen LogP contribution is 2.20. The summed E-state index contributed by atoms with van der Waals surface area (Å²) in [7, 11) is 0. The lowest BCUT2D eigenvalue weighted by Gasteiger charge is -2.22. The lowest BCUT2D eigenvalue weighted by atomic mass is 10.2. The number of aromatic nitrogens is 3. The molecule has 1 saturated heterocycles. The topological polar surface area (TPSA) is 98.0 Å². The van der Waals surface area contributed by atoms with Crippen LogP contribution >= 0.6 is 11.8 Å². The Bertz CT molecular complexity index is 410. The van der Waals surface area contributed by atoms with Gasteiger partial charge in [0.25, 0.3) is 0 Å². The summed E-state index contributed by atoms with van der Waals surface area (Å²) in [5.41, 5.74) is 2.43. The van der Waals surface area contributed by atoms with Crippen molar-refractivity contribution in [1.82, 2.24) is 15.0 Å². The second-order valence-electron chi connectivity index (χ2n) is 4.63. The second-order valence-corrected chi connectivity index (χ2v) is 5.78. The second kappa shape index (κ2) is 6.76. The Morgan fingerprint density at radius 3 is 2.74 bits per heavy atom. The van der Waals surface area contributed by atoms with Crippen LogP contribution in [-0.4, -0.2) is 38.6 Å². The van der Waals surface area contributed by atoms with Crippen LogP contribution in [0.3, 0.4) is 0 Å². The van der Waals surface area contributed by atoms with E-state index in [0.717, 1.165) is 12.2 Å². The molecule has 19 heavy (non-hydrogen) atoms. The van der Waals surface area contributed by atoms with Crippen LogP contribution in [0.5, 0.6) is 6.01 Å². The molecule has 1 atom stereocenters. The van der Waals surface area contributed by atoms with Gasteiger partial charge >= 0.3 is 6.01 Å². The molecule has 1 aromatic rings. The first kappa shape index (κ1) is 14.1. The summed E-state index contributed by atoms with van der Waals surface area (Å²) < 4.78 is 5.48. The summed E-state index contributed by atoms with van der Waals surface area (Å²) in [4.78, 5) is 12.5. The molecule has 1 aromatic heterocycles. The molecule has 8 heteroatoms. The molecule has 0 radical (unpaired) electrons. The third kappa shape index (κ3) is 4.39. The largest absolute Gasteiger partial charge is 0.461 e. The first-order valence-electron chi connectivity index (χ1n) is 6.41. The van der Waals surface area contributed by atoms with Crippen molar-refractivity contribution in [2.75, 3.05) is 22.2 Å². The van der Waals surface area contributed by atoms with Crippen molar-refractivity contribution in [3.05, 3.63) is 0 Å². The maximum Gasteiger partial charge on any atom is 0.323 e. The minimum Gasteiger partial charge on any atom is -0.461 e. The summed E-state index contributed by atoms with van der Waals surface area (Å²) in [5.74, 6) is 8.47. The fraction of sp³-hybridized carbons (Fsp3) is 0.727. The lowest BCUT2D eigenvalue weighted by molar-refractivity contribution is 0.222. The Morgan fingerprint density at radius 2 is 2.11 bits per heavy atom. The Hall–Kier alpha value is -1.28. The number of anilines is 2. The SMILES string of the molecule is CC(C)Oc1nc(NN)nc(NC2CCCSC2)n1. The maximum atomic E-state index is 5.48. The Kier molecular flexibility index (Phi) is 5.03. The summed E-state index contributed by atoms with van der Waals surface area (Å²) >= 11 is 1.94. The number of nitrogens with zero attached hydrogens (tertiary/aromatic N) is 3. The predicted octanol–water partition coefficient (Wildman–Crippen LogP) is 1.25. The van der Waals surface area contributed by atoms with Gasteiger partial charge in [0.2, 0.25) is 11.9 Å². The molecular weight excluding hydrogens is 264 g/mol. The smallest absolute Gasteiger partial charge is 0.323 e. The zero-order valence-corrected chi connectivity index (χ0v) is 12.0. The fourth-order valence-electron chi connectivity index (χ4n) is 1.79. The van der Waals surface area contributed by atoms with E-state index in [9.17, 15) is 0 Å². The quantitative estimate of drug-likeness (QED) is 0.549.